The average Bonchev–Trinajstić information content (AvgIpc) is 2.89. The quantitative estimate of drug-likeness (QED) is 0.566. The summed E-state index contributed by atoms with van der Waals surface area (Å²) in [6, 6.07) is 13.3. The first-order valence-electron chi connectivity index (χ1n) is 7.28. The molecule has 2 aromatic carbocycles. The molecule has 2 N–H and O–H groups in total. The molecule has 114 valence electrons. The van der Waals surface area contributed by atoms with Gasteiger partial charge in [0.2, 0.25) is 0 Å². The standard InChI is InChI=1S/C17H15N5O/c1-22(2)17(23)18-10-7-8-12-11(9-10)15-16(20-12)21-14-6-4-3-5-13(14)19-15/h3-9H,1-2H3,(H,18,23)(H,20,21). The summed E-state index contributed by atoms with van der Waals surface area (Å²) in [5.41, 5.74) is 4.93. The lowest BCUT2D eigenvalue weighted by Crippen LogP contribution is -2.27. The number of benzene rings is 2. The third kappa shape index (κ3) is 2.24. The van der Waals surface area contributed by atoms with Gasteiger partial charge in [-0.15, -0.1) is 0 Å². The lowest BCUT2D eigenvalue weighted by Gasteiger charge is -2.11. The first-order valence-corrected chi connectivity index (χ1v) is 7.28. The van der Waals surface area contributed by atoms with Gasteiger partial charge in [0.1, 0.15) is 5.52 Å². The second kappa shape index (κ2) is 4.95. The van der Waals surface area contributed by atoms with Crippen LogP contribution in [0.2, 0.25) is 0 Å². The maximum atomic E-state index is 11.8. The smallest absolute Gasteiger partial charge is 0.321 e. The predicted molar refractivity (Wildman–Crippen MR) is 91.6 cm³/mol. The summed E-state index contributed by atoms with van der Waals surface area (Å²) in [5, 5.41) is 3.79. The van der Waals surface area contributed by atoms with E-state index < -0.39 is 0 Å². The minimum Gasteiger partial charge on any atom is -0.338 e. The highest BCUT2D eigenvalue weighted by atomic mass is 16.2. The van der Waals surface area contributed by atoms with Crippen molar-refractivity contribution in [2.75, 3.05) is 19.4 Å². The minimum absolute atomic E-state index is 0.166. The third-order valence-corrected chi connectivity index (χ3v) is 3.76. The first-order chi connectivity index (χ1) is 11.1. The number of carbonyl (C=O) groups is 1. The Hall–Kier alpha value is -3.15. The van der Waals surface area contributed by atoms with Crippen molar-refractivity contribution < 1.29 is 4.79 Å². The Balaban J connectivity index is 1.90. The van der Waals surface area contributed by atoms with Gasteiger partial charge in [-0.05, 0) is 30.3 Å². The summed E-state index contributed by atoms with van der Waals surface area (Å²) in [4.78, 5) is 25.9. The van der Waals surface area contributed by atoms with Crippen molar-refractivity contribution in [1.29, 1.82) is 0 Å². The molecule has 2 aromatic heterocycles. The van der Waals surface area contributed by atoms with Crippen molar-refractivity contribution in [3.63, 3.8) is 0 Å². The fraction of sp³-hybridized carbons (Fsp3) is 0.118. The van der Waals surface area contributed by atoms with Crippen LogP contribution in [0.25, 0.3) is 33.1 Å². The van der Waals surface area contributed by atoms with Crippen molar-refractivity contribution in [2.45, 2.75) is 0 Å². The van der Waals surface area contributed by atoms with Crippen LogP contribution in [0.1, 0.15) is 0 Å². The van der Waals surface area contributed by atoms with Crippen LogP contribution >= 0.6 is 0 Å². The number of nitrogens with one attached hydrogen (secondary N) is 2. The first kappa shape index (κ1) is 13.5. The molecule has 23 heavy (non-hydrogen) atoms. The molecule has 0 spiro atoms. The van der Waals surface area contributed by atoms with E-state index in [9.17, 15) is 4.79 Å². The van der Waals surface area contributed by atoms with Gasteiger partial charge >= 0.3 is 6.03 Å². The molecule has 0 unspecified atom stereocenters. The fourth-order valence-corrected chi connectivity index (χ4v) is 2.56. The second-order valence-electron chi connectivity index (χ2n) is 5.62. The molecule has 4 rings (SSSR count). The number of urea groups is 1. The summed E-state index contributed by atoms with van der Waals surface area (Å²) in [6.45, 7) is 0. The number of aromatic nitrogens is 3. The zero-order valence-electron chi connectivity index (χ0n) is 12.8. The summed E-state index contributed by atoms with van der Waals surface area (Å²) < 4.78 is 0. The lowest BCUT2D eigenvalue weighted by atomic mass is 10.2. The van der Waals surface area contributed by atoms with Crippen molar-refractivity contribution in [1.82, 2.24) is 19.9 Å². The molecular formula is C17H15N5O. The number of hydrogen-bond donors (Lipinski definition) is 2. The van der Waals surface area contributed by atoms with E-state index in [4.69, 9.17) is 4.98 Å². The number of para-hydroxylation sites is 2. The van der Waals surface area contributed by atoms with Crippen molar-refractivity contribution in [3.8, 4) is 0 Å². The molecule has 0 atom stereocenters. The monoisotopic (exact) mass is 305 g/mol. The number of rotatable bonds is 1. The molecular weight excluding hydrogens is 290 g/mol. The van der Waals surface area contributed by atoms with Gasteiger partial charge in [-0.2, -0.15) is 0 Å². The molecule has 0 fully saturated rings. The molecule has 6 heteroatoms. The number of anilines is 1. The van der Waals surface area contributed by atoms with Gasteiger partial charge in [0, 0.05) is 30.7 Å². The Morgan fingerprint density at radius 2 is 1.83 bits per heavy atom. The normalized spacial score (nSPS) is 11.2. The van der Waals surface area contributed by atoms with Gasteiger partial charge in [0.15, 0.2) is 5.65 Å². The molecule has 2 heterocycles. The Kier molecular flexibility index (Phi) is 2.90. The van der Waals surface area contributed by atoms with E-state index in [-0.39, 0.29) is 6.03 Å². The van der Waals surface area contributed by atoms with Gasteiger partial charge in [0.05, 0.1) is 11.0 Å². The Labute approximate surface area is 132 Å². The molecule has 0 aliphatic carbocycles. The average molecular weight is 305 g/mol. The van der Waals surface area contributed by atoms with Crippen LogP contribution in [0.15, 0.2) is 42.5 Å². The zero-order chi connectivity index (χ0) is 16.0. The molecule has 2 amide bonds. The van der Waals surface area contributed by atoms with E-state index in [1.165, 1.54) is 4.90 Å². The maximum absolute atomic E-state index is 11.8. The molecule has 6 nitrogen and oxygen atoms in total. The van der Waals surface area contributed by atoms with E-state index in [2.05, 4.69) is 15.3 Å². The van der Waals surface area contributed by atoms with Crippen LogP contribution in [0.5, 0.6) is 0 Å². The highest BCUT2D eigenvalue weighted by Gasteiger charge is 2.11. The van der Waals surface area contributed by atoms with E-state index >= 15 is 0 Å². The van der Waals surface area contributed by atoms with Crippen LogP contribution in [0.4, 0.5) is 10.5 Å². The van der Waals surface area contributed by atoms with Gasteiger partial charge in [-0.25, -0.2) is 14.8 Å². The van der Waals surface area contributed by atoms with Gasteiger partial charge in [0.25, 0.3) is 0 Å². The molecule has 0 bridgehead atoms. The Bertz CT molecular complexity index is 1050. The predicted octanol–water partition coefficient (Wildman–Crippen LogP) is 3.36. The van der Waals surface area contributed by atoms with Gasteiger partial charge in [-0.1, -0.05) is 12.1 Å². The number of aromatic amines is 1. The largest absolute Gasteiger partial charge is 0.338 e. The van der Waals surface area contributed by atoms with Crippen LogP contribution < -0.4 is 5.32 Å². The fourth-order valence-electron chi connectivity index (χ4n) is 2.56. The number of nitrogens with zero attached hydrogens (tertiary/aromatic N) is 3. The summed E-state index contributed by atoms with van der Waals surface area (Å²) in [7, 11) is 3.41. The van der Waals surface area contributed by atoms with E-state index in [1.54, 1.807) is 14.1 Å². The van der Waals surface area contributed by atoms with Crippen LogP contribution in [-0.4, -0.2) is 40.0 Å². The Morgan fingerprint density at radius 1 is 1.09 bits per heavy atom. The van der Waals surface area contributed by atoms with Crippen LogP contribution in [0.3, 0.4) is 0 Å². The Morgan fingerprint density at radius 3 is 2.57 bits per heavy atom. The number of amides is 2. The van der Waals surface area contributed by atoms with Gasteiger partial charge < -0.3 is 15.2 Å². The minimum atomic E-state index is -0.166. The molecule has 0 radical (unpaired) electrons. The van der Waals surface area contributed by atoms with Crippen molar-refractivity contribution in [3.05, 3.63) is 42.5 Å². The van der Waals surface area contributed by atoms with Crippen molar-refractivity contribution >= 4 is 44.8 Å². The highest BCUT2D eigenvalue weighted by molar-refractivity contribution is 6.07. The van der Waals surface area contributed by atoms with Gasteiger partial charge in [-0.3, -0.25) is 0 Å². The summed E-state index contributed by atoms with van der Waals surface area (Å²) in [5.74, 6) is 0. The number of hydrogen-bond acceptors (Lipinski definition) is 3. The van der Waals surface area contributed by atoms with Crippen molar-refractivity contribution in [2.24, 2.45) is 0 Å². The molecule has 0 aliphatic heterocycles. The second-order valence-corrected chi connectivity index (χ2v) is 5.62. The number of carbonyl (C=O) groups excluding carboxylic acids is 1. The highest BCUT2D eigenvalue weighted by Crippen LogP contribution is 2.27. The topological polar surface area (TPSA) is 73.9 Å². The van der Waals surface area contributed by atoms with Crippen LogP contribution in [0, 0.1) is 0 Å². The third-order valence-electron chi connectivity index (χ3n) is 3.76. The zero-order valence-corrected chi connectivity index (χ0v) is 12.8. The maximum Gasteiger partial charge on any atom is 0.321 e. The van der Waals surface area contributed by atoms with E-state index in [0.29, 0.717) is 0 Å². The summed E-state index contributed by atoms with van der Waals surface area (Å²) in [6.07, 6.45) is 0. The van der Waals surface area contributed by atoms with E-state index in [1.807, 2.05) is 42.5 Å². The summed E-state index contributed by atoms with van der Waals surface area (Å²) >= 11 is 0. The number of fused-ring (bicyclic) bond motifs is 4. The molecule has 0 aliphatic rings. The lowest BCUT2D eigenvalue weighted by molar-refractivity contribution is 0.230. The SMILES string of the molecule is CN(C)C(=O)Nc1ccc2[nH]c3nc4ccccc4nc3c2c1. The van der Waals surface area contributed by atoms with Crippen LogP contribution in [-0.2, 0) is 0 Å². The molecule has 0 saturated carbocycles. The van der Waals surface area contributed by atoms with E-state index in [0.717, 1.165) is 38.8 Å². The molecule has 0 saturated heterocycles. The number of H-pyrrole nitrogens is 1. The molecule has 4 aromatic rings.